The number of hydrogen-bond acceptors (Lipinski definition) is 2. The van der Waals surface area contributed by atoms with Gasteiger partial charge in [0.25, 0.3) is 0 Å². The van der Waals surface area contributed by atoms with Gasteiger partial charge in [0.1, 0.15) is 0 Å². The summed E-state index contributed by atoms with van der Waals surface area (Å²) < 4.78 is 0. The molecule has 1 atom stereocenters. The number of aryl methyl sites for hydroxylation is 1. The summed E-state index contributed by atoms with van der Waals surface area (Å²) in [6.45, 7) is 5.84. The minimum absolute atomic E-state index is 0.519. The number of hydrogen-bond donors (Lipinski definition) is 2. The molecule has 0 aliphatic rings. The molecule has 0 saturated carbocycles. The third-order valence-electron chi connectivity index (χ3n) is 3.52. The van der Waals surface area contributed by atoms with Crippen LogP contribution in [0.2, 0.25) is 0 Å². The van der Waals surface area contributed by atoms with Crippen LogP contribution >= 0.6 is 0 Å². The van der Waals surface area contributed by atoms with Gasteiger partial charge in [-0.15, -0.1) is 0 Å². The smallest absolute Gasteiger partial charge is 0.0903 e. The molecule has 0 spiro atoms. The second kappa shape index (κ2) is 5.46. The highest BCUT2D eigenvalue weighted by Gasteiger charge is 2.31. The summed E-state index contributed by atoms with van der Waals surface area (Å²) in [5, 5.41) is 20.3. The minimum Gasteiger partial charge on any atom is -0.390 e. The molecule has 0 aliphatic carbocycles. The van der Waals surface area contributed by atoms with E-state index in [1.807, 2.05) is 45.0 Å². The molecule has 0 amide bonds. The Morgan fingerprint density at radius 1 is 1.19 bits per heavy atom. The molecule has 0 fully saturated rings. The fourth-order valence-corrected chi connectivity index (χ4v) is 1.96. The first-order chi connectivity index (χ1) is 7.53. The lowest BCUT2D eigenvalue weighted by molar-refractivity contribution is -0.0790. The SMILES string of the molecule is CCC(O)(CC)C(O)Cc1ccccc1C. The molecule has 0 saturated heterocycles. The average molecular weight is 222 g/mol. The van der Waals surface area contributed by atoms with Crippen molar-refractivity contribution in [3.05, 3.63) is 35.4 Å². The average Bonchev–Trinajstić information content (AvgIpc) is 2.31. The summed E-state index contributed by atoms with van der Waals surface area (Å²) in [6.07, 6.45) is 0.987. The zero-order valence-corrected chi connectivity index (χ0v) is 10.4. The first-order valence-electron chi connectivity index (χ1n) is 5.98. The highest BCUT2D eigenvalue weighted by molar-refractivity contribution is 5.26. The van der Waals surface area contributed by atoms with Crippen LogP contribution in [0.5, 0.6) is 0 Å². The van der Waals surface area contributed by atoms with Gasteiger partial charge in [-0.3, -0.25) is 0 Å². The molecule has 90 valence electrons. The Kier molecular flexibility index (Phi) is 4.51. The molecule has 1 unspecified atom stereocenters. The van der Waals surface area contributed by atoms with Crippen molar-refractivity contribution in [3.8, 4) is 0 Å². The standard InChI is InChI=1S/C14H22O2/c1-4-14(16,5-2)13(15)10-12-9-7-6-8-11(12)3/h6-9,13,15-16H,4-5,10H2,1-3H3. The van der Waals surface area contributed by atoms with Crippen LogP contribution in [-0.4, -0.2) is 21.9 Å². The van der Waals surface area contributed by atoms with E-state index in [1.165, 1.54) is 0 Å². The van der Waals surface area contributed by atoms with Crippen molar-refractivity contribution < 1.29 is 10.2 Å². The lowest BCUT2D eigenvalue weighted by atomic mass is 9.86. The van der Waals surface area contributed by atoms with E-state index in [2.05, 4.69) is 0 Å². The summed E-state index contributed by atoms with van der Waals surface area (Å²) in [7, 11) is 0. The maximum Gasteiger partial charge on any atom is 0.0903 e. The van der Waals surface area contributed by atoms with E-state index in [0.29, 0.717) is 19.3 Å². The van der Waals surface area contributed by atoms with E-state index >= 15 is 0 Å². The van der Waals surface area contributed by atoms with Gasteiger partial charge in [-0.05, 0) is 30.9 Å². The Hall–Kier alpha value is -0.860. The van der Waals surface area contributed by atoms with Crippen molar-refractivity contribution in [1.82, 2.24) is 0 Å². The summed E-state index contributed by atoms with van der Waals surface area (Å²) in [6, 6.07) is 7.98. The highest BCUT2D eigenvalue weighted by Crippen LogP contribution is 2.23. The van der Waals surface area contributed by atoms with Gasteiger partial charge >= 0.3 is 0 Å². The van der Waals surface area contributed by atoms with Crippen molar-refractivity contribution in [2.45, 2.75) is 51.7 Å². The number of aliphatic hydroxyl groups excluding tert-OH is 1. The molecule has 16 heavy (non-hydrogen) atoms. The van der Waals surface area contributed by atoms with E-state index < -0.39 is 11.7 Å². The largest absolute Gasteiger partial charge is 0.390 e. The van der Waals surface area contributed by atoms with Crippen LogP contribution in [0.4, 0.5) is 0 Å². The molecule has 0 aliphatic heterocycles. The van der Waals surface area contributed by atoms with Gasteiger partial charge in [0.2, 0.25) is 0 Å². The fourth-order valence-electron chi connectivity index (χ4n) is 1.96. The van der Waals surface area contributed by atoms with Crippen molar-refractivity contribution in [1.29, 1.82) is 0 Å². The van der Waals surface area contributed by atoms with Gasteiger partial charge in [0.15, 0.2) is 0 Å². The Labute approximate surface area is 97.9 Å². The predicted molar refractivity (Wildman–Crippen MR) is 66.4 cm³/mol. The molecule has 2 nitrogen and oxygen atoms in total. The molecule has 1 aromatic carbocycles. The molecule has 2 N–H and O–H groups in total. The summed E-state index contributed by atoms with van der Waals surface area (Å²) in [4.78, 5) is 0. The van der Waals surface area contributed by atoms with Gasteiger partial charge in [-0.2, -0.15) is 0 Å². The molecule has 0 aromatic heterocycles. The third-order valence-corrected chi connectivity index (χ3v) is 3.52. The van der Waals surface area contributed by atoms with Crippen molar-refractivity contribution in [2.75, 3.05) is 0 Å². The maximum absolute atomic E-state index is 10.2. The third kappa shape index (κ3) is 2.83. The van der Waals surface area contributed by atoms with Crippen molar-refractivity contribution >= 4 is 0 Å². The van der Waals surface area contributed by atoms with Crippen molar-refractivity contribution in [2.24, 2.45) is 0 Å². The quantitative estimate of drug-likeness (QED) is 0.803. The van der Waals surface area contributed by atoms with E-state index in [1.54, 1.807) is 0 Å². The zero-order chi connectivity index (χ0) is 12.2. The van der Waals surface area contributed by atoms with E-state index in [9.17, 15) is 10.2 Å². The first-order valence-corrected chi connectivity index (χ1v) is 5.98. The van der Waals surface area contributed by atoms with Crippen LogP contribution in [0.25, 0.3) is 0 Å². The minimum atomic E-state index is -0.956. The second-order valence-corrected chi connectivity index (χ2v) is 4.46. The fraction of sp³-hybridized carbons (Fsp3) is 0.571. The van der Waals surface area contributed by atoms with E-state index in [0.717, 1.165) is 11.1 Å². The molecule has 0 radical (unpaired) electrons. The molecule has 1 rings (SSSR count). The molecule has 0 heterocycles. The highest BCUT2D eigenvalue weighted by atomic mass is 16.3. The van der Waals surface area contributed by atoms with E-state index in [-0.39, 0.29) is 0 Å². The summed E-state index contributed by atoms with van der Waals surface area (Å²) in [5.74, 6) is 0. The van der Waals surface area contributed by atoms with Crippen LogP contribution in [0.1, 0.15) is 37.8 Å². The van der Waals surface area contributed by atoms with Crippen LogP contribution in [-0.2, 0) is 6.42 Å². The number of benzene rings is 1. The lowest BCUT2D eigenvalue weighted by Gasteiger charge is -2.31. The number of aliphatic hydroxyl groups is 2. The molecule has 2 heteroatoms. The van der Waals surface area contributed by atoms with Crippen LogP contribution in [0.15, 0.2) is 24.3 Å². The molecule has 1 aromatic rings. The van der Waals surface area contributed by atoms with Crippen molar-refractivity contribution in [3.63, 3.8) is 0 Å². The Balaban J connectivity index is 2.78. The van der Waals surface area contributed by atoms with Gasteiger partial charge in [-0.1, -0.05) is 38.1 Å². The monoisotopic (exact) mass is 222 g/mol. The summed E-state index contributed by atoms with van der Waals surface area (Å²) in [5.41, 5.74) is 1.31. The Morgan fingerprint density at radius 2 is 1.75 bits per heavy atom. The van der Waals surface area contributed by atoms with Crippen LogP contribution in [0.3, 0.4) is 0 Å². The summed E-state index contributed by atoms with van der Waals surface area (Å²) >= 11 is 0. The Bertz CT molecular complexity index is 329. The predicted octanol–water partition coefficient (Wildman–Crippen LogP) is 2.45. The second-order valence-electron chi connectivity index (χ2n) is 4.46. The molecular weight excluding hydrogens is 200 g/mol. The molecule has 0 bridgehead atoms. The van der Waals surface area contributed by atoms with Gasteiger partial charge in [-0.25, -0.2) is 0 Å². The lowest BCUT2D eigenvalue weighted by Crippen LogP contribution is -2.42. The topological polar surface area (TPSA) is 40.5 Å². The number of rotatable bonds is 5. The van der Waals surface area contributed by atoms with Gasteiger partial charge in [0, 0.05) is 6.42 Å². The van der Waals surface area contributed by atoms with Gasteiger partial charge in [0.05, 0.1) is 11.7 Å². The van der Waals surface area contributed by atoms with Crippen LogP contribution < -0.4 is 0 Å². The normalized spacial score (nSPS) is 13.8. The molecular formula is C14H22O2. The van der Waals surface area contributed by atoms with Crippen LogP contribution in [0, 0.1) is 6.92 Å². The zero-order valence-electron chi connectivity index (χ0n) is 10.4. The Morgan fingerprint density at radius 3 is 2.25 bits per heavy atom. The maximum atomic E-state index is 10.2. The first kappa shape index (κ1) is 13.2. The van der Waals surface area contributed by atoms with Gasteiger partial charge < -0.3 is 10.2 Å². The van der Waals surface area contributed by atoms with E-state index in [4.69, 9.17) is 0 Å².